The van der Waals surface area contributed by atoms with E-state index >= 15 is 0 Å². The van der Waals surface area contributed by atoms with Crippen molar-refractivity contribution in [3.63, 3.8) is 0 Å². The van der Waals surface area contributed by atoms with E-state index in [0.29, 0.717) is 29.5 Å². The van der Waals surface area contributed by atoms with Crippen molar-refractivity contribution in [2.24, 2.45) is 0 Å². The Kier molecular flexibility index (Phi) is 8.59. The van der Waals surface area contributed by atoms with Gasteiger partial charge in [-0.25, -0.2) is 4.98 Å². The summed E-state index contributed by atoms with van der Waals surface area (Å²) in [4.78, 5) is 30.2. The second-order valence-corrected chi connectivity index (χ2v) is 10.3. The van der Waals surface area contributed by atoms with Crippen molar-refractivity contribution in [2.75, 3.05) is 7.11 Å². The van der Waals surface area contributed by atoms with E-state index < -0.39 is 0 Å². The monoisotopic (exact) mass is 507 g/mol. The van der Waals surface area contributed by atoms with Gasteiger partial charge in [0.15, 0.2) is 0 Å². The van der Waals surface area contributed by atoms with Crippen molar-refractivity contribution in [1.29, 1.82) is 0 Å². The van der Waals surface area contributed by atoms with E-state index in [1.807, 2.05) is 12.1 Å². The van der Waals surface area contributed by atoms with Crippen LogP contribution in [-0.4, -0.2) is 36.0 Å². The minimum Gasteiger partial charge on any atom is -0.497 e. The van der Waals surface area contributed by atoms with Crippen LogP contribution in [0.1, 0.15) is 76.9 Å². The Labute approximate surface area is 216 Å². The predicted octanol–water partition coefficient (Wildman–Crippen LogP) is 5.33. The van der Waals surface area contributed by atoms with Crippen molar-refractivity contribution in [3.05, 3.63) is 75.7 Å². The zero-order valence-electron chi connectivity index (χ0n) is 21.0. The fraction of sp³-hybridized carbons (Fsp3) is 0.393. The Morgan fingerprint density at radius 2 is 1.69 bits per heavy atom. The van der Waals surface area contributed by atoms with Gasteiger partial charge in [-0.3, -0.25) is 9.59 Å². The number of rotatable bonds is 9. The van der Waals surface area contributed by atoms with Gasteiger partial charge in [-0.2, -0.15) is 0 Å². The van der Waals surface area contributed by atoms with Crippen LogP contribution < -0.4 is 20.1 Å². The van der Waals surface area contributed by atoms with Crippen LogP contribution in [0.5, 0.6) is 11.5 Å². The Balaban J connectivity index is 1.33. The molecule has 0 radical (unpaired) electrons. The van der Waals surface area contributed by atoms with Gasteiger partial charge in [0, 0.05) is 23.0 Å². The SMILES string of the molecule is COc1cccc(C(=O)N[C@H]2CCCC[C@H]2NC(=O)c2csc(COc3ccc(C(C)C)cc3)n2)c1. The Hall–Kier alpha value is -3.39. The largest absolute Gasteiger partial charge is 0.497 e. The van der Waals surface area contributed by atoms with Gasteiger partial charge >= 0.3 is 0 Å². The molecule has 2 N–H and O–H groups in total. The zero-order chi connectivity index (χ0) is 25.5. The van der Waals surface area contributed by atoms with Crippen molar-refractivity contribution in [1.82, 2.24) is 15.6 Å². The van der Waals surface area contributed by atoms with Gasteiger partial charge in [0.05, 0.1) is 7.11 Å². The molecule has 0 aliphatic heterocycles. The third-order valence-electron chi connectivity index (χ3n) is 6.42. The predicted molar refractivity (Wildman–Crippen MR) is 141 cm³/mol. The van der Waals surface area contributed by atoms with Gasteiger partial charge < -0.3 is 20.1 Å². The molecule has 190 valence electrons. The maximum atomic E-state index is 12.9. The van der Waals surface area contributed by atoms with Crippen LogP contribution in [0.15, 0.2) is 53.9 Å². The molecule has 1 aromatic heterocycles. The summed E-state index contributed by atoms with van der Waals surface area (Å²) >= 11 is 1.40. The number of methoxy groups -OCH3 is 1. The summed E-state index contributed by atoms with van der Waals surface area (Å²) in [6.07, 6.45) is 3.63. The summed E-state index contributed by atoms with van der Waals surface area (Å²) in [6, 6.07) is 14.8. The van der Waals surface area contributed by atoms with Crippen molar-refractivity contribution < 1.29 is 19.1 Å². The smallest absolute Gasteiger partial charge is 0.271 e. The van der Waals surface area contributed by atoms with E-state index in [0.717, 1.165) is 36.4 Å². The highest BCUT2D eigenvalue weighted by atomic mass is 32.1. The number of nitrogens with one attached hydrogen (secondary N) is 2. The number of hydrogen-bond acceptors (Lipinski definition) is 6. The van der Waals surface area contributed by atoms with Crippen LogP contribution in [-0.2, 0) is 6.61 Å². The average molecular weight is 508 g/mol. The Morgan fingerprint density at radius 1 is 1.00 bits per heavy atom. The first-order valence-electron chi connectivity index (χ1n) is 12.4. The molecule has 1 fully saturated rings. The molecule has 1 aliphatic carbocycles. The normalized spacial score (nSPS) is 17.4. The molecule has 3 aromatic rings. The third kappa shape index (κ3) is 6.63. The number of hydrogen-bond donors (Lipinski definition) is 2. The molecular weight excluding hydrogens is 474 g/mol. The van der Waals surface area contributed by atoms with Crippen LogP contribution in [0.2, 0.25) is 0 Å². The molecule has 2 amide bonds. The van der Waals surface area contributed by atoms with Crippen LogP contribution in [0, 0.1) is 0 Å². The maximum Gasteiger partial charge on any atom is 0.271 e. The van der Waals surface area contributed by atoms with E-state index in [4.69, 9.17) is 9.47 Å². The number of nitrogens with zero attached hydrogens (tertiary/aromatic N) is 1. The number of aromatic nitrogens is 1. The summed E-state index contributed by atoms with van der Waals surface area (Å²) in [6.45, 7) is 4.62. The lowest BCUT2D eigenvalue weighted by Gasteiger charge is -2.32. The van der Waals surface area contributed by atoms with E-state index in [1.54, 1.807) is 36.8 Å². The van der Waals surface area contributed by atoms with Gasteiger partial charge in [-0.15, -0.1) is 11.3 Å². The molecular formula is C28H33N3O4S. The topological polar surface area (TPSA) is 89.6 Å². The van der Waals surface area contributed by atoms with Gasteiger partial charge in [-0.1, -0.05) is 44.9 Å². The molecule has 0 saturated heterocycles. The molecule has 8 heteroatoms. The second-order valence-electron chi connectivity index (χ2n) is 9.32. The Bertz CT molecular complexity index is 1180. The molecule has 1 heterocycles. The lowest BCUT2D eigenvalue weighted by atomic mass is 9.90. The molecule has 7 nitrogen and oxygen atoms in total. The minimum absolute atomic E-state index is 0.142. The summed E-state index contributed by atoms with van der Waals surface area (Å²) in [5.41, 5.74) is 2.17. The minimum atomic E-state index is -0.230. The molecule has 2 atom stereocenters. The standard InChI is InChI=1S/C28H33N3O4S/c1-18(2)19-11-13-21(14-12-19)35-16-26-29-25(17-36-26)28(33)31-24-10-5-4-9-23(24)30-27(32)20-7-6-8-22(15-20)34-3/h6-8,11-15,17-18,23-24H,4-5,9-10,16H2,1-3H3,(H,30,32)(H,31,33)/t23-,24+/m0/s1. The summed E-state index contributed by atoms with van der Waals surface area (Å²) < 4.78 is 11.1. The van der Waals surface area contributed by atoms with Gasteiger partial charge in [-0.05, 0) is 54.7 Å². The lowest BCUT2D eigenvalue weighted by Crippen LogP contribution is -2.53. The number of thiazole rings is 1. The molecule has 2 aromatic carbocycles. The van der Waals surface area contributed by atoms with Crippen molar-refractivity contribution in [3.8, 4) is 11.5 Å². The van der Waals surface area contributed by atoms with Crippen LogP contribution in [0.4, 0.5) is 0 Å². The molecule has 4 rings (SSSR count). The van der Waals surface area contributed by atoms with Gasteiger partial charge in [0.2, 0.25) is 0 Å². The number of amides is 2. The summed E-state index contributed by atoms with van der Waals surface area (Å²) in [7, 11) is 1.57. The highest BCUT2D eigenvalue weighted by Crippen LogP contribution is 2.22. The number of benzene rings is 2. The summed E-state index contributed by atoms with van der Waals surface area (Å²) in [5, 5.41) is 8.68. The molecule has 1 saturated carbocycles. The number of carbonyl (C=O) groups excluding carboxylic acids is 2. The van der Waals surface area contributed by atoms with E-state index in [1.165, 1.54) is 16.9 Å². The Morgan fingerprint density at radius 3 is 2.36 bits per heavy atom. The quantitative estimate of drug-likeness (QED) is 0.409. The van der Waals surface area contributed by atoms with Crippen molar-refractivity contribution >= 4 is 23.2 Å². The fourth-order valence-corrected chi connectivity index (χ4v) is 5.00. The first-order chi connectivity index (χ1) is 17.4. The number of ether oxygens (including phenoxy) is 2. The third-order valence-corrected chi connectivity index (χ3v) is 7.25. The maximum absolute atomic E-state index is 12.9. The van der Waals surface area contributed by atoms with Crippen molar-refractivity contribution in [2.45, 2.75) is 64.1 Å². The fourth-order valence-electron chi connectivity index (χ4n) is 4.31. The van der Waals surface area contributed by atoms with E-state index in [9.17, 15) is 9.59 Å². The zero-order valence-corrected chi connectivity index (χ0v) is 21.8. The highest BCUT2D eigenvalue weighted by Gasteiger charge is 2.29. The highest BCUT2D eigenvalue weighted by molar-refractivity contribution is 7.09. The van der Waals surface area contributed by atoms with Crippen LogP contribution in [0.3, 0.4) is 0 Å². The number of carbonyl (C=O) groups is 2. The van der Waals surface area contributed by atoms with Gasteiger partial charge in [0.1, 0.15) is 28.8 Å². The molecule has 0 spiro atoms. The second kappa shape index (κ2) is 12.0. The van der Waals surface area contributed by atoms with E-state index in [2.05, 4.69) is 41.6 Å². The molecule has 0 unspecified atom stereocenters. The average Bonchev–Trinajstić information content (AvgIpc) is 3.38. The van der Waals surface area contributed by atoms with Crippen LogP contribution >= 0.6 is 11.3 Å². The van der Waals surface area contributed by atoms with E-state index in [-0.39, 0.29) is 23.9 Å². The molecule has 0 bridgehead atoms. The molecule has 1 aliphatic rings. The molecule has 36 heavy (non-hydrogen) atoms. The first-order valence-corrected chi connectivity index (χ1v) is 13.2. The lowest BCUT2D eigenvalue weighted by molar-refractivity contribution is 0.0860. The van der Waals surface area contributed by atoms with Crippen LogP contribution in [0.25, 0.3) is 0 Å². The van der Waals surface area contributed by atoms with Gasteiger partial charge in [0.25, 0.3) is 11.8 Å². The first kappa shape index (κ1) is 25.7. The summed E-state index contributed by atoms with van der Waals surface area (Å²) in [5.74, 6) is 1.48.